The number of hydrogen-bond acceptors (Lipinski definition) is 2. The van der Waals surface area contributed by atoms with Crippen LogP contribution in [-0.4, -0.2) is 18.3 Å². The Hall–Kier alpha value is -0.860. The highest BCUT2D eigenvalue weighted by Crippen LogP contribution is 2.22. The molecular weight excluding hydrogens is 186 g/mol. The van der Waals surface area contributed by atoms with Crippen LogP contribution < -0.4 is 5.73 Å². The van der Waals surface area contributed by atoms with Crippen LogP contribution in [0.2, 0.25) is 0 Å². The molecule has 1 aromatic rings. The predicted molar refractivity (Wildman–Crippen MR) is 63.9 cm³/mol. The van der Waals surface area contributed by atoms with Crippen molar-refractivity contribution < 1.29 is 5.11 Å². The van der Waals surface area contributed by atoms with E-state index >= 15 is 0 Å². The number of benzene rings is 1. The van der Waals surface area contributed by atoms with E-state index in [4.69, 9.17) is 5.73 Å². The standard InChI is InChI=1S/C13H21NO/c1-10-4-11(2)6-12(5-10)7-13(3,8-14)9-15/h4-6,15H,7-9,14H2,1-3H3. The first-order chi connectivity index (χ1) is 6.99. The topological polar surface area (TPSA) is 46.2 Å². The molecule has 1 atom stereocenters. The van der Waals surface area contributed by atoms with Gasteiger partial charge in [0.05, 0.1) is 0 Å². The summed E-state index contributed by atoms with van der Waals surface area (Å²) in [6, 6.07) is 6.48. The first-order valence-electron chi connectivity index (χ1n) is 5.37. The van der Waals surface area contributed by atoms with Crippen LogP contribution in [0.4, 0.5) is 0 Å². The molecule has 1 aromatic carbocycles. The van der Waals surface area contributed by atoms with E-state index in [2.05, 4.69) is 32.0 Å². The smallest absolute Gasteiger partial charge is 0.0500 e. The van der Waals surface area contributed by atoms with Gasteiger partial charge in [-0.25, -0.2) is 0 Å². The second-order valence-corrected chi connectivity index (χ2v) is 4.85. The lowest BCUT2D eigenvalue weighted by molar-refractivity contribution is 0.149. The highest BCUT2D eigenvalue weighted by atomic mass is 16.3. The average molecular weight is 207 g/mol. The molecule has 0 aliphatic heterocycles. The summed E-state index contributed by atoms with van der Waals surface area (Å²) in [5.41, 5.74) is 9.28. The van der Waals surface area contributed by atoms with Crippen molar-refractivity contribution in [2.45, 2.75) is 27.2 Å². The highest BCUT2D eigenvalue weighted by Gasteiger charge is 2.21. The number of hydrogen-bond donors (Lipinski definition) is 2. The van der Waals surface area contributed by atoms with Crippen LogP contribution in [-0.2, 0) is 6.42 Å². The molecule has 0 bridgehead atoms. The SMILES string of the molecule is Cc1cc(C)cc(CC(C)(CN)CO)c1. The monoisotopic (exact) mass is 207 g/mol. The van der Waals surface area contributed by atoms with E-state index in [1.807, 2.05) is 6.92 Å². The van der Waals surface area contributed by atoms with Gasteiger partial charge in [-0.1, -0.05) is 36.2 Å². The van der Waals surface area contributed by atoms with Crippen molar-refractivity contribution in [2.75, 3.05) is 13.2 Å². The van der Waals surface area contributed by atoms with Gasteiger partial charge >= 0.3 is 0 Å². The molecule has 0 spiro atoms. The van der Waals surface area contributed by atoms with Crippen LogP contribution >= 0.6 is 0 Å². The summed E-state index contributed by atoms with van der Waals surface area (Å²) in [6.45, 7) is 6.85. The lowest BCUT2D eigenvalue weighted by Crippen LogP contribution is -2.33. The Morgan fingerprint density at radius 3 is 2.13 bits per heavy atom. The molecule has 0 radical (unpaired) electrons. The third-order valence-corrected chi connectivity index (χ3v) is 2.79. The molecule has 0 heterocycles. The number of aliphatic hydroxyl groups is 1. The number of aryl methyl sites for hydroxylation is 2. The Morgan fingerprint density at radius 1 is 1.20 bits per heavy atom. The number of nitrogens with two attached hydrogens (primary N) is 1. The molecule has 0 saturated carbocycles. The fourth-order valence-corrected chi connectivity index (χ4v) is 1.86. The summed E-state index contributed by atoms with van der Waals surface area (Å²) >= 11 is 0. The van der Waals surface area contributed by atoms with Gasteiger partial charge in [-0.2, -0.15) is 0 Å². The van der Waals surface area contributed by atoms with Gasteiger partial charge in [-0.15, -0.1) is 0 Å². The van der Waals surface area contributed by atoms with Crippen molar-refractivity contribution >= 4 is 0 Å². The van der Waals surface area contributed by atoms with E-state index in [1.165, 1.54) is 16.7 Å². The number of aliphatic hydroxyl groups excluding tert-OH is 1. The van der Waals surface area contributed by atoms with E-state index < -0.39 is 0 Å². The maximum Gasteiger partial charge on any atom is 0.0500 e. The molecule has 15 heavy (non-hydrogen) atoms. The van der Waals surface area contributed by atoms with Gasteiger partial charge in [0.2, 0.25) is 0 Å². The van der Waals surface area contributed by atoms with E-state index in [0.717, 1.165) is 6.42 Å². The largest absolute Gasteiger partial charge is 0.396 e. The van der Waals surface area contributed by atoms with Gasteiger partial charge in [0, 0.05) is 18.6 Å². The second-order valence-electron chi connectivity index (χ2n) is 4.85. The molecule has 2 heteroatoms. The Kier molecular flexibility index (Phi) is 3.89. The summed E-state index contributed by atoms with van der Waals surface area (Å²) in [4.78, 5) is 0. The fraction of sp³-hybridized carbons (Fsp3) is 0.538. The van der Waals surface area contributed by atoms with Crippen LogP contribution in [0.3, 0.4) is 0 Å². The summed E-state index contributed by atoms with van der Waals surface area (Å²) in [7, 11) is 0. The zero-order valence-electron chi connectivity index (χ0n) is 9.88. The van der Waals surface area contributed by atoms with Crippen molar-refractivity contribution in [3.63, 3.8) is 0 Å². The van der Waals surface area contributed by atoms with Crippen molar-refractivity contribution in [2.24, 2.45) is 11.1 Å². The van der Waals surface area contributed by atoms with Gasteiger partial charge in [0.15, 0.2) is 0 Å². The lowest BCUT2D eigenvalue weighted by Gasteiger charge is -2.25. The maximum atomic E-state index is 9.31. The van der Waals surface area contributed by atoms with Gasteiger partial charge < -0.3 is 10.8 Å². The Morgan fingerprint density at radius 2 is 1.73 bits per heavy atom. The average Bonchev–Trinajstić information content (AvgIpc) is 2.16. The molecule has 0 aliphatic rings. The zero-order valence-corrected chi connectivity index (χ0v) is 9.88. The van der Waals surface area contributed by atoms with E-state index in [9.17, 15) is 5.11 Å². The van der Waals surface area contributed by atoms with Gasteiger partial charge in [0.1, 0.15) is 0 Å². The minimum atomic E-state index is -0.194. The summed E-state index contributed by atoms with van der Waals surface area (Å²) in [6.07, 6.45) is 0.836. The summed E-state index contributed by atoms with van der Waals surface area (Å²) in [5.74, 6) is 0. The quantitative estimate of drug-likeness (QED) is 0.791. The molecule has 3 N–H and O–H groups in total. The van der Waals surface area contributed by atoms with Crippen LogP contribution in [0, 0.1) is 19.3 Å². The minimum absolute atomic E-state index is 0.135. The molecule has 1 unspecified atom stereocenters. The van der Waals surface area contributed by atoms with Crippen LogP contribution in [0.15, 0.2) is 18.2 Å². The molecule has 1 rings (SSSR count). The second kappa shape index (κ2) is 4.77. The summed E-state index contributed by atoms with van der Waals surface area (Å²) < 4.78 is 0. The Bertz CT molecular complexity index is 309. The molecule has 2 nitrogen and oxygen atoms in total. The third kappa shape index (κ3) is 3.33. The minimum Gasteiger partial charge on any atom is -0.396 e. The van der Waals surface area contributed by atoms with Crippen LogP contribution in [0.25, 0.3) is 0 Å². The number of rotatable bonds is 4. The van der Waals surface area contributed by atoms with Crippen molar-refractivity contribution in [3.05, 3.63) is 34.9 Å². The summed E-state index contributed by atoms with van der Waals surface area (Å²) in [5, 5.41) is 9.31. The Labute approximate surface area is 92.1 Å². The molecule has 0 amide bonds. The van der Waals surface area contributed by atoms with E-state index in [-0.39, 0.29) is 12.0 Å². The van der Waals surface area contributed by atoms with Crippen LogP contribution in [0.1, 0.15) is 23.6 Å². The van der Waals surface area contributed by atoms with E-state index in [0.29, 0.717) is 6.54 Å². The fourth-order valence-electron chi connectivity index (χ4n) is 1.86. The third-order valence-electron chi connectivity index (χ3n) is 2.79. The molecule has 0 aromatic heterocycles. The van der Waals surface area contributed by atoms with Crippen molar-refractivity contribution in [1.82, 2.24) is 0 Å². The Balaban J connectivity index is 2.88. The predicted octanol–water partition coefficient (Wildman–Crippen LogP) is 1.80. The van der Waals surface area contributed by atoms with Crippen LogP contribution in [0.5, 0.6) is 0 Å². The van der Waals surface area contributed by atoms with Crippen molar-refractivity contribution in [3.8, 4) is 0 Å². The molecule has 0 fully saturated rings. The van der Waals surface area contributed by atoms with Gasteiger partial charge in [-0.05, 0) is 25.8 Å². The maximum absolute atomic E-state index is 9.31. The lowest BCUT2D eigenvalue weighted by atomic mass is 9.84. The van der Waals surface area contributed by atoms with Crippen molar-refractivity contribution in [1.29, 1.82) is 0 Å². The van der Waals surface area contributed by atoms with Gasteiger partial charge in [-0.3, -0.25) is 0 Å². The first-order valence-corrected chi connectivity index (χ1v) is 5.37. The molecule has 84 valence electrons. The van der Waals surface area contributed by atoms with E-state index in [1.54, 1.807) is 0 Å². The first kappa shape index (κ1) is 12.2. The molecule has 0 saturated heterocycles. The van der Waals surface area contributed by atoms with Gasteiger partial charge in [0.25, 0.3) is 0 Å². The zero-order chi connectivity index (χ0) is 11.5. The molecular formula is C13H21NO. The molecule has 0 aliphatic carbocycles. The highest BCUT2D eigenvalue weighted by molar-refractivity contribution is 5.29. The normalized spacial score (nSPS) is 15.0.